The molecule has 4 heteroatoms. The summed E-state index contributed by atoms with van der Waals surface area (Å²) in [5.41, 5.74) is 0. The van der Waals surface area contributed by atoms with Gasteiger partial charge < -0.3 is 15.0 Å². The van der Waals surface area contributed by atoms with Gasteiger partial charge in [-0.05, 0) is 12.8 Å². The molecule has 1 fully saturated rings. The molecule has 4 nitrogen and oxygen atoms in total. The summed E-state index contributed by atoms with van der Waals surface area (Å²) in [5, 5.41) is 13.2. The minimum Gasteiger partial charge on any atom is -0.390 e. The Balaban J connectivity index is 1.83. The Hall–Kier alpha value is -0.870. The molecule has 1 unspecified atom stereocenters. The number of hydrogen-bond acceptors (Lipinski definition) is 3. The fourth-order valence-electron chi connectivity index (χ4n) is 1.86. The van der Waals surface area contributed by atoms with Gasteiger partial charge in [0.1, 0.15) is 5.82 Å². The average Bonchev–Trinajstić information content (AvgIpc) is 2.95. The van der Waals surface area contributed by atoms with Gasteiger partial charge in [-0.25, -0.2) is 4.98 Å². The number of aromatic nitrogens is 2. The molecular weight excluding hydrogens is 202 g/mol. The zero-order valence-corrected chi connectivity index (χ0v) is 10.1. The van der Waals surface area contributed by atoms with Gasteiger partial charge in [0.2, 0.25) is 0 Å². The van der Waals surface area contributed by atoms with Crippen molar-refractivity contribution in [1.82, 2.24) is 14.9 Å². The second kappa shape index (κ2) is 4.97. The fourth-order valence-corrected chi connectivity index (χ4v) is 1.86. The van der Waals surface area contributed by atoms with Crippen LogP contribution in [0.25, 0.3) is 0 Å². The van der Waals surface area contributed by atoms with Crippen LogP contribution in [0.1, 0.15) is 38.4 Å². The minimum atomic E-state index is -0.327. The van der Waals surface area contributed by atoms with Crippen molar-refractivity contribution in [2.45, 2.75) is 51.3 Å². The maximum atomic E-state index is 9.89. The number of aliphatic hydroxyl groups excluding tert-OH is 1. The number of nitrogens with one attached hydrogen (secondary N) is 1. The summed E-state index contributed by atoms with van der Waals surface area (Å²) in [4.78, 5) is 4.31. The highest BCUT2D eigenvalue weighted by Crippen LogP contribution is 2.18. The molecule has 16 heavy (non-hydrogen) atoms. The largest absolute Gasteiger partial charge is 0.390 e. The van der Waals surface area contributed by atoms with E-state index in [4.69, 9.17) is 0 Å². The van der Waals surface area contributed by atoms with Crippen LogP contribution in [0.5, 0.6) is 0 Å². The van der Waals surface area contributed by atoms with Gasteiger partial charge in [0.05, 0.1) is 12.6 Å². The molecule has 1 heterocycles. The molecule has 1 aromatic heterocycles. The Morgan fingerprint density at radius 3 is 2.94 bits per heavy atom. The fraction of sp³-hybridized carbons (Fsp3) is 0.750. The molecule has 0 bridgehead atoms. The predicted molar refractivity (Wildman–Crippen MR) is 63.3 cm³/mol. The Labute approximate surface area is 96.7 Å². The van der Waals surface area contributed by atoms with E-state index in [1.54, 1.807) is 6.20 Å². The van der Waals surface area contributed by atoms with Crippen LogP contribution in [0.4, 0.5) is 0 Å². The van der Waals surface area contributed by atoms with Gasteiger partial charge in [-0.1, -0.05) is 13.8 Å². The number of nitrogens with zero attached hydrogens (tertiary/aromatic N) is 2. The van der Waals surface area contributed by atoms with Gasteiger partial charge in [-0.2, -0.15) is 0 Å². The molecular formula is C12H21N3O. The van der Waals surface area contributed by atoms with Crippen molar-refractivity contribution in [3.63, 3.8) is 0 Å². The summed E-state index contributed by atoms with van der Waals surface area (Å²) in [6.07, 6.45) is 5.93. The third-order valence-electron chi connectivity index (χ3n) is 2.89. The maximum Gasteiger partial charge on any atom is 0.111 e. The van der Waals surface area contributed by atoms with Crippen LogP contribution >= 0.6 is 0 Å². The quantitative estimate of drug-likeness (QED) is 0.760. The summed E-state index contributed by atoms with van der Waals surface area (Å²) in [6, 6.07) is 0.655. The molecule has 90 valence electrons. The smallest absolute Gasteiger partial charge is 0.111 e. The van der Waals surface area contributed by atoms with Crippen molar-refractivity contribution in [3.05, 3.63) is 18.2 Å². The van der Waals surface area contributed by atoms with Crippen LogP contribution in [0.15, 0.2) is 12.4 Å². The van der Waals surface area contributed by atoms with Crippen molar-refractivity contribution in [2.24, 2.45) is 0 Å². The van der Waals surface area contributed by atoms with E-state index < -0.39 is 0 Å². The van der Waals surface area contributed by atoms with E-state index in [9.17, 15) is 5.11 Å². The van der Waals surface area contributed by atoms with Crippen molar-refractivity contribution < 1.29 is 5.11 Å². The third-order valence-corrected chi connectivity index (χ3v) is 2.89. The molecule has 0 amide bonds. The van der Waals surface area contributed by atoms with Crippen molar-refractivity contribution in [2.75, 3.05) is 6.54 Å². The Kier molecular flexibility index (Phi) is 3.61. The van der Waals surface area contributed by atoms with Crippen LogP contribution in [-0.4, -0.2) is 33.3 Å². The second-order valence-electron chi connectivity index (χ2n) is 4.93. The molecule has 2 rings (SSSR count). The highest BCUT2D eigenvalue weighted by molar-refractivity contribution is 4.98. The van der Waals surface area contributed by atoms with Crippen LogP contribution < -0.4 is 5.32 Å². The molecule has 1 saturated carbocycles. The van der Waals surface area contributed by atoms with E-state index in [0.29, 0.717) is 25.0 Å². The first-order valence-electron chi connectivity index (χ1n) is 6.09. The Morgan fingerprint density at radius 1 is 1.56 bits per heavy atom. The predicted octanol–water partition coefficient (Wildman–Crippen LogP) is 1.12. The first kappa shape index (κ1) is 11.6. The zero-order valence-electron chi connectivity index (χ0n) is 10.1. The van der Waals surface area contributed by atoms with Crippen LogP contribution in [-0.2, 0) is 6.54 Å². The van der Waals surface area contributed by atoms with Crippen molar-refractivity contribution in [3.8, 4) is 0 Å². The van der Waals surface area contributed by atoms with E-state index in [0.717, 1.165) is 5.82 Å². The molecule has 2 N–H and O–H groups in total. The first-order valence-corrected chi connectivity index (χ1v) is 6.09. The molecule has 0 aromatic carbocycles. The lowest BCUT2D eigenvalue weighted by Gasteiger charge is -2.15. The van der Waals surface area contributed by atoms with Crippen molar-refractivity contribution in [1.29, 1.82) is 0 Å². The number of hydrogen-bond donors (Lipinski definition) is 2. The number of rotatable bonds is 6. The second-order valence-corrected chi connectivity index (χ2v) is 4.93. The van der Waals surface area contributed by atoms with E-state index in [1.165, 1.54) is 12.8 Å². The molecule has 1 aliphatic carbocycles. The SMILES string of the molecule is CC(C)c1nccn1CC(O)CNC1CC1. The molecule has 0 radical (unpaired) electrons. The van der Waals surface area contributed by atoms with Crippen molar-refractivity contribution >= 4 is 0 Å². The van der Waals surface area contributed by atoms with Gasteiger partial charge in [0.25, 0.3) is 0 Å². The summed E-state index contributed by atoms with van der Waals surface area (Å²) >= 11 is 0. The summed E-state index contributed by atoms with van der Waals surface area (Å²) in [7, 11) is 0. The Bertz CT molecular complexity index is 331. The maximum absolute atomic E-state index is 9.89. The van der Waals surface area contributed by atoms with Crippen LogP contribution in [0.2, 0.25) is 0 Å². The lowest BCUT2D eigenvalue weighted by atomic mass is 10.2. The lowest BCUT2D eigenvalue weighted by Crippen LogP contribution is -2.31. The highest BCUT2D eigenvalue weighted by atomic mass is 16.3. The van der Waals surface area contributed by atoms with Gasteiger partial charge in [0, 0.05) is 30.9 Å². The van der Waals surface area contributed by atoms with Gasteiger partial charge in [0.15, 0.2) is 0 Å². The standard InChI is InChI=1S/C12H21N3O/c1-9(2)12-13-5-6-15(12)8-11(16)7-14-10-3-4-10/h5-6,9-11,14,16H,3-4,7-8H2,1-2H3. The molecule has 1 aromatic rings. The van der Waals surface area contributed by atoms with Crippen LogP contribution in [0.3, 0.4) is 0 Å². The molecule has 0 spiro atoms. The summed E-state index contributed by atoms with van der Waals surface area (Å²) in [6.45, 7) is 5.55. The summed E-state index contributed by atoms with van der Waals surface area (Å²) in [5.74, 6) is 1.45. The number of imidazole rings is 1. The van der Waals surface area contributed by atoms with Gasteiger partial charge in [-0.15, -0.1) is 0 Å². The van der Waals surface area contributed by atoms with Gasteiger partial charge >= 0.3 is 0 Å². The average molecular weight is 223 g/mol. The third kappa shape index (κ3) is 3.06. The Morgan fingerprint density at radius 2 is 2.31 bits per heavy atom. The van der Waals surface area contributed by atoms with Crippen LogP contribution in [0, 0.1) is 0 Å². The van der Waals surface area contributed by atoms with E-state index in [1.807, 2.05) is 10.8 Å². The normalized spacial score (nSPS) is 18.0. The van der Waals surface area contributed by atoms with E-state index >= 15 is 0 Å². The summed E-state index contributed by atoms with van der Waals surface area (Å²) < 4.78 is 2.05. The zero-order chi connectivity index (χ0) is 11.5. The molecule has 0 saturated heterocycles. The van der Waals surface area contributed by atoms with Gasteiger partial charge in [-0.3, -0.25) is 0 Å². The number of aliphatic hydroxyl groups is 1. The first-order chi connectivity index (χ1) is 7.66. The van der Waals surface area contributed by atoms with E-state index in [-0.39, 0.29) is 6.10 Å². The lowest BCUT2D eigenvalue weighted by molar-refractivity contribution is 0.149. The van der Waals surface area contributed by atoms with E-state index in [2.05, 4.69) is 24.1 Å². The molecule has 0 aliphatic heterocycles. The molecule has 1 aliphatic rings. The topological polar surface area (TPSA) is 50.1 Å². The molecule has 1 atom stereocenters. The monoisotopic (exact) mass is 223 g/mol. The highest BCUT2D eigenvalue weighted by Gasteiger charge is 2.21. The minimum absolute atomic E-state index is 0.327.